The van der Waals surface area contributed by atoms with Crippen LogP contribution in [0.2, 0.25) is 0 Å². The Labute approximate surface area is 221 Å². The van der Waals surface area contributed by atoms with Gasteiger partial charge in [-0.15, -0.1) is 0 Å². The number of halogens is 3. The molecule has 1 N–H and O–H groups in total. The molecule has 0 aliphatic rings. The molecule has 2 heterocycles. The lowest BCUT2D eigenvalue weighted by atomic mass is 10.00. The molecule has 4 rings (SSSR count). The number of carbonyl (C=O) groups is 1. The lowest BCUT2D eigenvalue weighted by molar-refractivity contribution is -0.137. The number of nitriles is 1. The van der Waals surface area contributed by atoms with Crippen LogP contribution in [-0.4, -0.2) is 53.2 Å². The summed E-state index contributed by atoms with van der Waals surface area (Å²) < 4.78 is 52.2. The van der Waals surface area contributed by atoms with Gasteiger partial charge in [-0.2, -0.15) is 23.4 Å². The number of ether oxygens (including phenoxy) is 1. The molecule has 200 valence electrons. The molecule has 39 heavy (non-hydrogen) atoms. The van der Waals surface area contributed by atoms with Gasteiger partial charge in [0.05, 0.1) is 28.7 Å². The number of aromatic nitrogens is 3. The number of aryl methyl sites for hydroxylation is 1. The highest BCUT2D eigenvalue weighted by molar-refractivity contribution is 6.04. The van der Waals surface area contributed by atoms with Gasteiger partial charge in [-0.05, 0) is 50.5 Å². The zero-order valence-corrected chi connectivity index (χ0v) is 21.2. The molecule has 2 aromatic heterocycles. The summed E-state index contributed by atoms with van der Waals surface area (Å²) >= 11 is 0. The van der Waals surface area contributed by atoms with Gasteiger partial charge in [0.1, 0.15) is 18.4 Å². The van der Waals surface area contributed by atoms with Crippen molar-refractivity contribution >= 4 is 11.6 Å². The molecule has 4 aromatic rings. The summed E-state index contributed by atoms with van der Waals surface area (Å²) in [5.74, 6) is 0.0578. The van der Waals surface area contributed by atoms with Crippen molar-refractivity contribution in [3.63, 3.8) is 0 Å². The molecule has 0 atom stereocenters. The predicted octanol–water partition coefficient (Wildman–Crippen LogP) is 5.19. The molecule has 0 spiro atoms. The number of carbonyl (C=O) groups excluding carboxylic acids is 1. The van der Waals surface area contributed by atoms with Gasteiger partial charge in [0.25, 0.3) is 5.91 Å². The number of anilines is 1. The standard InChI is InChI=1S/C27H23F3N6O3/c1-16-33-25(35-39-16)17-6-8-21(22(12-17)27(28,29)30)23-9-7-20(15-32-23)34-26(37)18-4-5-19(14-31)24(13-18)38-11-10-36(2)3/h4-9,12-13,15H,10-11H2,1-3H3,(H,34,37). The molecule has 0 bridgehead atoms. The molecule has 0 saturated heterocycles. The smallest absolute Gasteiger partial charge is 0.417 e. The quantitative estimate of drug-likeness (QED) is 0.327. The van der Waals surface area contributed by atoms with Crippen LogP contribution in [0.4, 0.5) is 18.9 Å². The Morgan fingerprint density at radius 2 is 1.95 bits per heavy atom. The van der Waals surface area contributed by atoms with Crippen molar-refractivity contribution in [3.05, 3.63) is 77.3 Å². The van der Waals surface area contributed by atoms with Crippen LogP contribution < -0.4 is 10.1 Å². The molecule has 0 saturated carbocycles. The van der Waals surface area contributed by atoms with Crippen molar-refractivity contribution in [2.24, 2.45) is 0 Å². The lowest BCUT2D eigenvalue weighted by Crippen LogP contribution is -2.20. The van der Waals surface area contributed by atoms with Crippen LogP contribution in [0.15, 0.2) is 59.3 Å². The number of likely N-dealkylation sites (N-methyl/N-ethyl adjacent to an activating group) is 1. The van der Waals surface area contributed by atoms with E-state index in [0.29, 0.717) is 13.2 Å². The molecule has 12 heteroatoms. The minimum atomic E-state index is -4.67. The molecule has 0 aliphatic heterocycles. The zero-order chi connectivity index (χ0) is 28.2. The maximum absolute atomic E-state index is 13.9. The topological polar surface area (TPSA) is 117 Å². The van der Waals surface area contributed by atoms with E-state index in [4.69, 9.17) is 9.26 Å². The van der Waals surface area contributed by atoms with E-state index >= 15 is 0 Å². The van der Waals surface area contributed by atoms with E-state index in [9.17, 15) is 23.2 Å². The van der Waals surface area contributed by atoms with E-state index in [-0.39, 0.29) is 51.1 Å². The van der Waals surface area contributed by atoms with Crippen molar-refractivity contribution in [3.8, 4) is 34.5 Å². The third-order valence-corrected chi connectivity index (χ3v) is 5.57. The lowest BCUT2D eigenvalue weighted by Gasteiger charge is -2.14. The van der Waals surface area contributed by atoms with Crippen LogP contribution in [0.1, 0.15) is 27.4 Å². The maximum Gasteiger partial charge on any atom is 0.417 e. The number of hydrogen-bond donors (Lipinski definition) is 1. The second-order valence-corrected chi connectivity index (χ2v) is 8.76. The van der Waals surface area contributed by atoms with E-state index in [2.05, 4.69) is 20.4 Å². The fourth-order valence-corrected chi connectivity index (χ4v) is 3.60. The first-order valence-electron chi connectivity index (χ1n) is 11.7. The molecule has 2 aromatic carbocycles. The van der Waals surface area contributed by atoms with E-state index in [1.54, 1.807) is 6.92 Å². The van der Waals surface area contributed by atoms with Gasteiger partial charge < -0.3 is 19.5 Å². The molecule has 1 amide bonds. The van der Waals surface area contributed by atoms with Gasteiger partial charge in [0.2, 0.25) is 11.7 Å². The Kier molecular flexibility index (Phi) is 7.92. The maximum atomic E-state index is 13.9. The summed E-state index contributed by atoms with van der Waals surface area (Å²) in [4.78, 5) is 22.8. The molecular weight excluding hydrogens is 513 g/mol. The number of alkyl halides is 3. The summed E-state index contributed by atoms with van der Waals surface area (Å²) in [6, 6.07) is 13.0. The number of nitrogens with one attached hydrogen (secondary N) is 1. The van der Waals surface area contributed by atoms with Crippen molar-refractivity contribution in [1.29, 1.82) is 5.26 Å². The number of pyridine rings is 1. The van der Waals surface area contributed by atoms with Crippen molar-refractivity contribution in [1.82, 2.24) is 20.0 Å². The largest absolute Gasteiger partial charge is 0.491 e. The highest BCUT2D eigenvalue weighted by atomic mass is 19.4. The van der Waals surface area contributed by atoms with E-state index in [1.807, 2.05) is 25.1 Å². The summed E-state index contributed by atoms with van der Waals surface area (Å²) in [6.45, 7) is 2.49. The fraction of sp³-hybridized carbons (Fsp3) is 0.222. The fourth-order valence-electron chi connectivity index (χ4n) is 3.60. The Hall–Kier alpha value is -4.76. The second kappa shape index (κ2) is 11.3. The van der Waals surface area contributed by atoms with Crippen LogP contribution in [0.3, 0.4) is 0 Å². The number of benzene rings is 2. The Bertz CT molecular complexity index is 1530. The molecule has 0 unspecified atom stereocenters. The van der Waals surface area contributed by atoms with Crippen LogP contribution in [0, 0.1) is 18.3 Å². The Morgan fingerprint density at radius 1 is 1.15 bits per heavy atom. The van der Waals surface area contributed by atoms with Gasteiger partial charge in [-0.25, -0.2) is 0 Å². The number of hydrogen-bond acceptors (Lipinski definition) is 8. The average Bonchev–Trinajstić information content (AvgIpc) is 3.34. The van der Waals surface area contributed by atoms with Crippen LogP contribution in [-0.2, 0) is 6.18 Å². The first-order valence-corrected chi connectivity index (χ1v) is 11.7. The van der Waals surface area contributed by atoms with Crippen molar-refractivity contribution < 1.29 is 27.2 Å². The van der Waals surface area contributed by atoms with Gasteiger partial charge in [-0.1, -0.05) is 17.3 Å². The monoisotopic (exact) mass is 536 g/mol. The van der Waals surface area contributed by atoms with Crippen LogP contribution in [0.5, 0.6) is 5.75 Å². The Balaban J connectivity index is 1.54. The highest BCUT2D eigenvalue weighted by Gasteiger charge is 2.34. The summed E-state index contributed by atoms with van der Waals surface area (Å²) in [5.41, 5.74) is -0.0371. The third kappa shape index (κ3) is 6.58. The first-order chi connectivity index (χ1) is 18.5. The van der Waals surface area contributed by atoms with E-state index < -0.39 is 17.6 Å². The molecular formula is C27H23F3N6O3. The van der Waals surface area contributed by atoms with Gasteiger partial charge in [-0.3, -0.25) is 9.78 Å². The van der Waals surface area contributed by atoms with Gasteiger partial charge in [0, 0.05) is 30.2 Å². The predicted molar refractivity (Wildman–Crippen MR) is 136 cm³/mol. The number of nitrogens with zero attached hydrogens (tertiary/aromatic N) is 5. The zero-order valence-electron chi connectivity index (χ0n) is 21.2. The first kappa shape index (κ1) is 27.3. The van der Waals surface area contributed by atoms with Gasteiger partial charge >= 0.3 is 6.18 Å². The number of amides is 1. The van der Waals surface area contributed by atoms with Crippen molar-refractivity contribution in [2.45, 2.75) is 13.1 Å². The highest BCUT2D eigenvalue weighted by Crippen LogP contribution is 2.38. The van der Waals surface area contributed by atoms with Crippen molar-refractivity contribution in [2.75, 3.05) is 32.6 Å². The molecule has 0 aliphatic carbocycles. The minimum Gasteiger partial charge on any atom is -0.491 e. The second-order valence-electron chi connectivity index (χ2n) is 8.76. The summed E-state index contributed by atoms with van der Waals surface area (Å²) in [5, 5.41) is 15.7. The third-order valence-electron chi connectivity index (χ3n) is 5.57. The summed E-state index contributed by atoms with van der Waals surface area (Å²) in [6.07, 6.45) is -3.40. The normalized spacial score (nSPS) is 11.3. The van der Waals surface area contributed by atoms with Crippen LogP contribution in [0.25, 0.3) is 22.6 Å². The molecule has 0 radical (unpaired) electrons. The van der Waals surface area contributed by atoms with E-state index in [1.165, 1.54) is 48.7 Å². The van der Waals surface area contributed by atoms with E-state index in [0.717, 1.165) is 6.07 Å². The molecule has 0 fully saturated rings. The molecule has 9 nitrogen and oxygen atoms in total. The van der Waals surface area contributed by atoms with Crippen LogP contribution >= 0.6 is 0 Å². The minimum absolute atomic E-state index is 0.0460. The average molecular weight is 537 g/mol. The Morgan fingerprint density at radius 3 is 2.56 bits per heavy atom. The van der Waals surface area contributed by atoms with Gasteiger partial charge in [0.15, 0.2) is 0 Å². The summed E-state index contributed by atoms with van der Waals surface area (Å²) in [7, 11) is 3.77. The number of rotatable bonds is 8. The SMILES string of the molecule is Cc1nc(-c2ccc(-c3ccc(NC(=O)c4ccc(C#N)c(OCCN(C)C)c4)cn3)c(C(F)(F)F)c2)no1.